The Hall–Kier alpha value is -3.14. The molecule has 1 heterocycles. The van der Waals surface area contributed by atoms with Gasteiger partial charge in [-0.2, -0.15) is 0 Å². The largest absolute Gasteiger partial charge is 0.467 e. The molecule has 142 valence electrons. The summed E-state index contributed by atoms with van der Waals surface area (Å²) in [5.74, 6) is -0.369. The summed E-state index contributed by atoms with van der Waals surface area (Å²) in [5, 5.41) is 2.36. The molecule has 0 aromatic heterocycles. The molecule has 1 unspecified atom stereocenters. The Kier molecular flexibility index (Phi) is 5.11. The third kappa shape index (κ3) is 3.63. The van der Waals surface area contributed by atoms with Crippen molar-refractivity contribution in [3.63, 3.8) is 0 Å². The Morgan fingerprint density at radius 2 is 1.68 bits per heavy atom. The number of hydrogen-bond acceptors (Lipinski definition) is 3. The van der Waals surface area contributed by atoms with Crippen LogP contribution in [0.1, 0.15) is 23.1 Å². The van der Waals surface area contributed by atoms with Crippen LogP contribution in [0.25, 0.3) is 10.8 Å². The second-order valence-electron chi connectivity index (χ2n) is 7.21. The smallest absolute Gasteiger partial charge is 0.328 e. The van der Waals surface area contributed by atoms with Crippen LogP contribution in [0, 0.1) is 0 Å². The van der Waals surface area contributed by atoms with Crippen molar-refractivity contribution in [1.82, 2.24) is 4.90 Å². The van der Waals surface area contributed by atoms with Gasteiger partial charge in [0.05, 0.1) is 7.11 Å². The van der Waals surface area contributed by atoms with Gasteiger partial charge in [-0.25, -0.2) is 4.79 Å². The van der Waals surface area contributed by atoms with Crippen molar-refractivity contribution < 1.29 is 14.3 Å². The monoisotopic (exact) mass is 373 g/mol. The van der Waals surface area contributed by atoms with Crippen molar-refractivity contribution in [2.45, 2.75) is 31.8 Å². The summed E-state index contributed by atoms with van der Waals surface area (Å²) in [6.07, 6.45) is 1.52. The van der Waals surface area contributed by atoms with Crippen LogP contribution in [-0.4, -0.2) is 29.9 Å². The van der Waals surface area contributed by atoms with Gasteiger partial charge in [0.15, 0.2) is 0 Å². The molecule has 1 aliphatic rings. The van der Waals surface area contributed by atoms with Crippen molar-refractivity contribution in [2.75, 3.05) is 7.11 Å². The van der Waals surface area contributed by atoms with E-state index in [9.17, 15) is 9.59 Å². The van der Waals surface area contributed by atoms with E-state index in [1.165, 1.54) is 17.9 Å². The Bertz CT molecular complexity index is 1030. The zero-order valence-electron chi connectivity index (χ0n) is 15.9. The number of carbonyl (C=O) groups is 2. The Morgan fingerprint density at radius 3 is 2.46 bits per heavy atom. The Labute approximate surface area is 164 Å². The molecule has 0 radical (unpaired) electrons. The topological polar surface area (TPSA) is 46.6 Å². The van der Waals surface area contributed by atoms with E-state index in [2.05, 4.69) is 30.3 Å². The number of amides is 1. The van der Waals surface area contributed by atoms with Crippen LogP contribution < -0.4 is 0 Å². The summed E-state index contributed by atoms with van der Waals surface area (Å²) in [4.78, 5) is 27.0. The third-order valence-corrected chi connectivity index (χ3v) is 5.48. The average molecular weight is 373 g/mol. The SMILES string of the molecule is COC(=O)C1Cc2ccccc2CN1C(=O)CCc1ccc2ccccc2c1. The number of benzene rings is 3. The van der Waals surface area contributed by atoms with Gasteiger partial charge in [-0.1, -0.05) is 66.7 Å². The van der Waals surface area contributed by atoms with Crippen LogP contribution in [0.4, 0.5) is 0 Å². The lowest BCUT2D eigenvalue weighted by molar-refractivity contribution is -0.154. The average Bonchev–Trinajstić information content (AvgIpc) is 2.75. The Morgan fingerprint density at radius 1 is 0.964 bits per heavy atom. The van der Waals surface area contributed by atoms with Gasteiger partial charge < -0.3 is 9.64 Å². The molecule has 0 spiro atoms. The number of methoxy groups -OCH3 is 1. The van der Waals surface area contributed by atoms with E-state index < -0.39 is 6.04 Å². The maximum Gasteiger partial charge on any atom is 0.328 e. The number of carbonyl (C=O) groups excluding carboxylic acids is 2. The lowest BCUT2D eigenvalue weighted by Crippen LogP contribution is -2.49. The number of nitrogens with zero attached hydrogens (tertiary/aromatic N) is 1. The van der Waals surface area contributed by atoms with E-state index in [0.717, 1.165) is 16.7 Å². The molecule has 0 bridgehead atoms. The van der Waals surface area contributed by atoms with Crippen molar-refractivity contribution in [2.24, 2.45) is 0 Å². The van der Waals surface area contributed by atoms with Gasteiger partial charge >= 0.3 is 5.97 Å². The van der Waals surface area contributed by atoms with E-state index in [4.69, 9.17) is 4.74 Å². The second kappa shape index (κ2) is 7.85. The van der Waals surface area contributed by atoms with Gasteiger partial charge in [-0.3, -0.25) is 4.79 Å². The standard InChI is InChI=1S/C24H23NO3/c1-28-24(27)22-15-20-8-4-5-9-21(20)16-25(22)23(26)13-11-17-10-12-18-6-2-3-7-19(18)14-17/h2-10,12,14,22H,11,13,15-16H2,1H3. The van der Waals surface area contributed by atoms with Crippen LogP contribution in [0.5, 0.6) is 0 Å². The first-order valence-corrected chi connectivity index (χ1v) is 9.57. The first-order chi connectivity index (χ1) is 13.7. The van der Waals surface area contributed by atoms with Crippen molar-refractivity contribution in [3.8, 4) is 0 Å². The molecule has 0 aliphatic carbocycles. The van der Waals surface area contributed by atoms with E-state index in [0.29, 0.717) is 25.8 Å². The van der Waals surface area contributed by atoms with Crippen LogP contribution in [0.3, 0.4) is 0 Å². The predicted molar refractivity (Wildman–Crippen MR) is 109 cm³/mol. The van der Waals surface area contributed by atoms with Crippen LogP contribution in [0.15, 0.2) is 66.7 Å². The van der Waals surface area contributed by atoms with E-state index >= 15 is 0 Å². The molecular weight excluding hydrogens is 350 g/mol. The molecule has 0 fully saturated rings. The number of hydrogen-bond donors (Lipinski definition) is 0. The minimum atomic E-state index is -0.552. The highest BCUT2D eigenvalue weighted by Crippen LogP contribution is 2.25. The predicted octanol–water partition coefficient (Wildman–Crippen LogP) is 3.90. The normalized spacial score (nSPS) is 15.9. The fourth-order valence-corrected chi connectivity index (χ4v) is 3.92. The molecule has 1 atom stereocenters. The van der Waals surface area contributed by atoms with Gasteiger partial charge in [-0.05, 0) is 33.9 Å². The highest BCUT2D eigenvalue weighted by molar-refractivity contribution is 5.86. The zero-order chi connectivity index (χ0) is 19.5. The van der Waals surface area contributed by atoms with E-state index in [-0.39, 0.29) is 11.9 Å². The maximum absolute atomic E-state index is 13.0. The quantitative estimate of drug-likeness (QED) is 0.652. The van der Waals surface area contributed by atoms with Gasteiger partial charge in [0.25, 0.3) is 0 Å². The molecule has 3 aromatic carbocycles. The summed E-state index contributed by atoms with van der Waals surface area (Å²) in [6.45, 7) is 0.451. The molecule has 1 aliphatic heterocycles. The molecule has 3 aromatic rings. The lowest BCUT2D eigenvalue weighted by Gasteiger charge is -2.35. The van der Waals surface area contributed by atoms with Crippen molar-refractivity contribution in [1.29, 1.82) is 0 Å². The van der Waals surface area contributed by atoms with Crippen LogP contribution >= 0.6 is 0 Å². The molecule has 0 N–H and O–H groups in total. The van der Waals surface area contributed by atoms with Gasteiger partial charge in [0.1, 0.15) is 6.04 Å². The molecular formula is C24H23NO3. The summed E-state index contributed by atoms with van der Waals surface area (Å²) >= 11 is 0. The summed E-state index contributed by atoms with van der Waals surface area (Å²) < 4.78 is 4.96. The fraction of sp³-hybridized carbons (Fsp3) is 0.250. The first kappa shape index (κ1) is 18.2. The maximum atomic E-state index is 13.0. The number of rotatable bonds is 4. The van der Waals surface area contributed by atoms with Gasteiger partial charge in [0.2, 0.25) is 5.91 Å². The molecule has 4 rings (SSSR count). The van der Waals surface area contributed by atoms with Crippen LogP contribution in [0.2, 0.25) is 0 Å². The molecule has 0 saturated heterocycles. The Balaban J connectivity index is 1.50. The number of esters is 1. The molecule has 4 nitrogen and oxygen atoms in total. The molecule has 1 amide bonds. The number of ether oxygens (including phenoxy) is 1. The highest BCUT2D eigenvalue weighted by atomic mass is 16.5. The zero-order valence-corrected chi connectivity index (χ0v) is 15.9. The number of aryl methyl sites for hydroxylation is 1. The van der Waals surface area contributed by atoms with Gasteiger partial charge in [-0.15, -0.1) is 0 Å². The van der Waals surface area contributed by atoms with E-state index in [1.807, 2.05) is 36.4 Å². The highest BCUT2D eigenvalue weighted by Gasteiger charge is 2.34. The minimum Gasteiger partial charge on any atom is -0.467 e. The third-order valence-electron chi connectivity index (χ3n) is 5.48. The van der Waals surface area contributed by atoms with Gasteiger partial charge in [0, 0.05) is 19.4 Å². The van der Waals surface area contributed by atoms with E-state index in [1.54, 1.807) is 4.90 Å². The second-order valence-corrected chi connectivity index (χ2v) is 7.21. The fourth-order valence-electron chi connectivity index (χ4n) is 3.92. The molecule has 4 heteroatoms. The number of fused-ring (bicyclic) bond motifs is 2. The summed E-state index contributed by atoms with van der Waals surface area (Å²) in [7, 11) is 1.38. The summed E-state index contributed by atoms with van der Waals surface area (Å²) in [5.41, 5.74) is 3.33. The lowest BCUT2D eigenvalue weighted by atomic mass is 9.93. The minimum absolute atomic E-state index is 0.0157. The first-order valence-electron chi connectivity index (χ1n) is 9.57. The molecule has 0 saturated carbocycles. The van der Waals surface area contributed by atoms with Crippen molar-refractivity contribution >= 4 is 22.6 Å². The van der Waals surface area contributed by atoms with Crippen LogP contribution in [-0.2, 0) is 33.7 Å². The molecule has 28 heavy (non-hydrogen) atoms. The van der Waals surface area contributed by atoms with Crippen molar-refractivity contribution in [3.05, 3.63) is 83.4 Å². The summed E-state index contributed by atoms with van der Waals surface area (Å²) in [6, 6.07) is 21.9.